The molecule has 2 aromatic carbocycles. The van der Waals surface area contributed by atoms with E-state index >= 15 is 0 Å². The molecule has 2 N–H and O–H groups in total. The van der Waals surface area contributed by atoms with E-state index in [-0.39, 0.29) is 0 Å². The molecule has 0 fully saturated rings. The number of amides is 1. The summed E-state index contributed by atoms with van der Waals surface area (Å²) in [6.45, 7) is 5.03. The van der Waals surface area contributed by atoms with E-state index in [1.54, 1.807) is 60.7 Å². The zero-order valence-corrected chi connectivity index (χ0v) is 14.7. The number of esters is 1. The van der Waals surface area contributed by atoms with Crippen molar-refractivity contribution in [2.24, 2.45) is 0 Å². The molecule has 5 nitrogen and oxygen atoms in total. The summed E-state index contributed by atoms with van der Waals surface area (Å²) < 4.78 is 5.12. The van der Waals surface area contributed by atoms with Gasteiger partial charge in [0.15, 0.2) is 6.61 Å². The van der Waals surface area contributed by atoms with Crippen molar-refractivity contribution >= 4 is 11.9 Å². The van der Waals surface area contributed by atoms with Crippen LogP contribution in [0.5, 0.6) is 0 Å². The Morgan fingerprint density at radius 2 is 1.36 bits per heavy atom. The lowest BCUT2D eigenvalue weighted by Gasteiger charge is -2.27. The van der Waals surface area contributed by atoms with Crippen LogP contribution in [0.25, 0.3) is 0 Å². The summed E-state index contributed by atoms with van der Waals surface area (Å²) in [5.74, 6) is -1.32. The number of carbonyl (C=O) groups is 2. The molecular weight excluding hydrogens is 318 g/mol. The van der Waals surface area contributed by atoms with Crippen LogP contribution < -0.4 is 5.32 Å². The second-order valence-electron chi connectivity index (χ2n) is 6.82. The minimum Gasteiger partial charge on any atom is -0.453 e. The van der Waals surface area contributed by atoms with Crippen LogP contribution in [0.15, 0.2) is 60.7 Å². The maximum Gasteiger partial charge on any atom is 0.348 e. The van der Waals surface area contributed by atoms with Crippen LogP contribution >= 0.6 is 0 Å². The second kappa shape index (κ2) is 7.49. The number of hydrogen-bond donors (Lipinski definition) is 2. The van der Waals surface area contributed by atoms with Crippen LogP contribution in [0.4, 0.5) is 0 Å². The summed E-state index contributed by atoms with van der Waals surface area (Å²) in [6, 6.07) is 17.0. The van der Waals surface area contributed by atoms with E-state index in [9.17, 15) is 14.7 Å². The summed E-state index contributed by atoms with van der Waals surface area (Å²) in [5.41, 5.74) is -1.66. The topological polar surface area (TPSA) is 75.6 Å². The maximum atomic E-state index is 12.7. The molecule has 2 aromatic rings. The number of carbonyl (C=O) groups excluding carboxylic acids is 2. The van der Waals surface area contributed by atoms with E-state index in [0.29, 0.717) is 11.1 Å². The maximum absolute atomic E-state index is 12.7. The average molecular weight is 341 g/mol. The lowest BCUT2D eigenvalue weighted by Crippen LogP contribution is -2.45. The lowest BCUT2D eigenvalue weighted by atomic mass is 9.86. The molecule has 0 bridgehead atoms. The monoisotopic (exact) mass is 341 g/mol. The minimum atomic E-state index is -1.98. The van der Waals surface area contributed by atoms with Gasteiger partial charge in [0.2, 0.25) is 5.60 Å². The third-order valence-corrected chi connectivity index (χ3v) is 3.53. The van der Waals surface area contributed by atoms with Crippen molar-refractivity contribution < 1.29 is 19.4 Å². The fraction of sp³-hybridized carbons (Fsp3) is 0.300. The molecule has 0 unspecified atom stereocenters. The number of ether oxygens (including phenoxy) is 1. The highest BCUT2D eigenvalue weighted by Gasteiger charge is 2.41. The molecule has 0 aliphatic carbocycles. The van der Waals surface area contributed by atoms with Gasteiger partial charge in [0.1, 0.15) is 0 Å². The molecule has 0 saturated heterocycles. The van der Waals surface area contributed by atoms with E-state index in [1.807, 2.05) is 20.8 Å². The Balaban J connectivity index is 2.25. The molecule has 25 heavy (non-hydrogen) atoms. The molecule has 5 heteroatoms. The van der Waals surface area contributed by atoms with Gasteiger partial charge in [0.05, 0.1) is 0 Å². The molecule has 0 saturated carbocycles. The third-order valence-electron chi connectivity index (χ3n) is 3.53. The van der Waals surface area contributed by atoms with Gasteiger partial charge in [0.25, 0.3) is 5.91 Å². The predicted molar refractivity (Wildman–Crippen MR) is 94.7 cm³/mol. The van der Waals surface area contributed by atoms with Crippen molar-refractivity contribution in [2.45, 2.75) is 31.9 Å². The van der Waals surface area contributed by atoms with E-state index in [1.165, 1.54) is 0 Å². The third kappa shape index (κ3) is 4.67. The fourth-order valence-electron chi connectivity index (χ4n) is 2.45. The number of rotatable bonds is 5. The van der Waals surface area contributed by atoms with Crippen molar-refractivity contribution in [3.63, 3.8) is 0 Å². The fourth-order valence-corrected chi connectivity index (χ4v) is 2.45. The Morgan fingerprint density at radius 1 is 0.920 bits per heavy atom. The Hall–Kier alpha value is -2.66. The summed E-state index contributed by atoms with van der Waals surface area (Å²) in [4.78, 5) is 24.6. The van der Waals surface area contributed by atoms with Gasteiger partial charge in [-0.3, -0.25) is 4.79 Å². The van der Waals surface area contributed by atoms with E-state index in [0.717, 1.165) is 0 Å². The first-order valence-corrected chi connectivity index (χ1v) is 8.05. The Morgan fingerprint density at radius 3 is 1.76 bits per heavy atom. The molecule has 0 aromatic heterocycles. The van der Waals surface area contributed by atoms with Crippen LogP contribution in [0, 0.1) is 0 Å². The number of benzene rings is 2. The Bertz CT molecular complexity index is 681. The highest BCUT2D eigenvalue weighted by Crippen LogP contribution is 2.30. The molecule has 0 heterocycles. The first-order chi connectivity index (χ1) is 11.7. The minimum absolute atomic E-state index is 0.377. The van der Waals surface area contributed by atoms with E-state index < -0.39 is 29.6 Å². The highest BCUT2D eigenvalue weighted by atomic mass is 16.6. The normalized spacial score (nSPS) is 11.7. The van der Waals surface area contributed by atoms with Crippen LogP contribution in [-0.2, 0) is 19.9 Å². The standard InChI is InChI=1S/C20H23NO4/c1-19(2,3)21-17(22)14-25-18(23)20(24,15-10-6-4-7-11-15)16-12-8-5-9-13-16/h4-13,24H,14H2,1-3H3,(H,21,22). The first-order valence-electron chi connectivity index (χ1n) is 8.05. The van der Waals surface area contributed by atoms with E-state index in [2.05, 4.69) is 5.32 Å². The molecule has 1 amide bonds. The zero-order valence-electron chi connectivity index (χ0n) is 14.7. The quantitative estimate of drug-likeness (QED) is 0.819. The molecule has 2 rings (SSSR count). The van der Waals surface area contributed by atoms with Crippen LogP contribution in [0.3, 0.4) is 0 Å². The Labute approximate surface area is 147 Å². The van der Waals surface area contributed by atoms with Gasteiger partial charge >= 0.3 is 5.97 Å². The van der Waals surface area contributed by atoms with Gasteiger partial charge in [-0.15, -0.1) is 0 Å². The number of aliphatic hydroxyl groups is 1. The number of nitrogens with one attached hydrogen (secondary N) is 1. The van der Waals surface area contributed by atoms with Crippen LogP contribution in [0.1, 0.15) is 31.9 Å². The Kier molecular flexibility index (Phi) is 5.59. The number of hydrogen-bond acceptors (Lipinski definition) is 4. The summed E-state index contributed by atoms with van der Waals surface area (Å²) in [7, 11) is 0. The van der Waals surface area contributed by atoms with Crippen molar-refractivity contribution in [1.29, 1.82) is 0 Å². The smallest absolute Gasteiger partial charge is 0.348 e. The molecule has 0 spiro atoms. The van der Waals surface area contributed by atoms with Crippen molar-refractivity contribution in [3.05, 3.63) is 71.8 Å². The molecular formula is C20H23NO4. The van der Waals surface area contributed by atoms with Gasteiger partial charge in [-0.1, -0.05) is 60.7 Å². The van der Waals surface area contributed by atoms with E-state index in [4.69, 9.17) is 4.74 Å². The second-order valence-corrected chi connectivity index (χ2v) is 6.82. The first kappa shape index (κ1) is 18.7. The summed E-state index contributed by atoms with van der Waals surface area (Å²) in [5, 5.41) is 13.9. The van der Waals surface area contributed by atoms with Gasteiger partial charge in [-0.25, -0.2) is 4.79 Å². The van der Waals surface area contributed by atoms with Crippen LogP contribution in [-0.4, -0.2) is 29.1 Å². The largest absolute Gasteiger partial charge is 0.453 e. The zero-order chi connectivity index (χ0) is 18.5. The van der Waals surface area contributed by atoms with Crippen LogP contribution in [0.2, 0.25) is 0 Å². The average Bonchev–Trinajstić information content (AvgIpc) is 2.59. The SMILES string of the molecule is CC(C)(C)NC(=O)COC(=O)C(O)(c1ccccc1)c1ccccc1. The molecule has 0 radical (unpaired) electrons. The molecule has 132 valence electrons. The van der Waals surface area contributed by atoms with Crippen molar-refractivity contribution in [2.75, 3.05) is 6.61 Å². The predicted octanol–water partition coefficient (Wildman–Crippen LogP) is 2.38. The van der Waals surface area contributed by atoms with Gasteiger partial charge in [-0.2, -0.15) is 0 Å². The summed E-state index contributed by atoms with van der Waals surface area (Å²) >= 11 is 0. The highest BCUT2D eigenvalue weighted by molar-refractivity contribution is 5.88. The van der Waals surface area contributed by atoms with Gasteiger partial charge in [0, 0.05) is 5.54 Å². The van der Waals surface area contributed by atoms with Gasteiger partial charge < -0.3 is 15.2 Å². The lowest BCUT2D eigenvalue weighted by molar-refractivity contribution is -0.164. The van der Waals surface area contributed by atoms with Gasteiger partial charge in [-0.05, 0) is 31.9 Å². The molecule has 0 atom stereocenters. The van der Waals surface area contributed by atoms with Crippen molar-refractivity contribution in [3.8, 4) is 0 Å². The molecule has 0 aliphatic heterocycles. The molecule has 0 aliphatic rings. The van der Waals surface area contributed by atoms with Crippen molar-refractivity contribution in [1.82, 2.24) is 5.32 Å². The summed E-state index contributed by atoms with van der Waals surface area (Å²) in [6.07, 6.45) is 0.